The van der Waals surface area contributed by atoms with Crippen molar-refractivity contribution in [1.29, 1.82) is 0 Å². The van der Waals surface area contributed by atoms with Crippen molar-refractivity contribution < 1.29 is 9.47 Å². The van der Waals surface area contributed by atoms with Gasteiger partial charge in [-0.25, -0.2) is 0 Å². The molecule has 0 bridgehead atoms. The first kappa shape index (κ1) is 20.7. The molecule has 0 amide bonds. The highest BCUT2D eigenvalue weighted by Crippen LogP contribution is 2.59. The van der Waals surface area contributed by atoms with E-state index in [1.165, 1.54) is 22.3 Å². The molecule has 2 aliphatic rings. The molecule has 3 aromatic rings. The average Bonchev–Trinajstić information content (AvgIpc) is 2.65. The summed E-state index contributed by atoms with van der Waals surface area (Å²) in [4.78, 5) is 0. The molecular formula is C27H28BBrO2. The van der Waals surface area contributed by atoms with Gasteiger partial charge in [0.25, 0.3) is 0 Å². The summed E-state index contributed by atoms with van der Waals surface area (Å²) in [6, 6.07) is 17.4. The third-order valence-electron chi connectivity index (χ3n) is 6.74. The van der Waals surface area contributed by atoms with E-state index in [-0.39, 0.29) is 16.1 Å². The lowest BCUT2D eigenvalue weighted by atomic mass is 9.53. The standard InChI is InChI=1S/C27H28BBrO2/c1-25(2,3)15-7-9-20-18(11-15)27(28)19-12-16(26(4,5)6)8-10-21(19)31-23-14-17(29)13-22(30-20)24(23)27/h7-14H,28H2,1-6H3. The van der Waals surface area contributed by atoms with E-state index in [0.717, 1.165) is 33.0 Å². The van der Waals surface area contributed by atoms with Gasteiger partial charge in [-0.1, -0.05) is 81.7 Å². The molecule has 2 heterocycles. The summed E-state index contributed by atoms with van der Waals surface area (Å²) >= 11 is 3.64. The summed E-state index contributed by atoms with van der Waals surface area (Å²) in [7, 11) is 2.32. The molecule has 0 aliphatic carbocycles. The maximum Gasteiger partial charge on any atom is 0.135 e. The highest BCUT2D eigenvalue weighted by atomic mass is 79.9. The molecule has 0 N–H and O–H groups in total. The molecule has 0 aromatic heterocycles. The fraction of sp³-hybridized carbons (Fsp3) is 0.333. The van der Waals surface area contributed by atoms with Gasteiger partial charge >= 0.3 is 0 Å². The summed E-state index contributed by atoms with van der Waals surface area (Å²) in [5, 5.41) is -0.366. The molecule has 0 fully saturated rings. The van der Waals surface area contributed by atoms with Gasteiger partial charge in [0.2, 0.25) is 0 Å². The summed E-state index contributed by atoms with van der Waals surface area (Å²) < 4.78 is 13.8. The highest BCUT2D eigenvalue weighted by Gasteiger charge is 2.47. The molecule has 0 saturated heterocycles. The lowest BCUT2D eigenvalue weighted by Crippen LogP contribution is -2.37. The minimum atomic E-state index is -0.366. The molecule has 2 aliphatic heterocycles. The van der Waals surface area contributed by atoms with Crippen LogP contribution < -0.4 is 9.47 Å². The van der Waals surface area contributed by atoms with E-state index in [9.17, 15) is 0 Å². The molecule has 0 atom stereocenters. The van der Waals surface area contributed by atoms with Crippen LogP contribution in [0.2, 0.25) is 0 Å². The van der Waals surface area contributed by atoms with Gasteiger partial charge in [0.1, 0.15) is 30.8 Å². The zero-order chi connectivity index (χ0) is 22.3. The Labute approximate surface area is 194 Å². The molecule has 0 radical (unpaired) electrons. The van der Waals surface area contributed by atoms with Crippen molar-refractivity contribution in [3.63, 3.8) is 0 Å². The average molecular weight is 475 g/mol. The number of hydrogen-bond donors (Lipinski definition) is 0. The Morgan fingerprint density at radius 3 is 1.48 bits per heavy atom. The van der Waals surface area contributed by atoms with Crippen LogP contribution in [0.15, 0.2) is 53.0 Å². The van der Waals surface area contributed by atoms with E-state index in [1.54, 1.807) is 0 Å². The van der Waals surface area contributed by atoms with E-state index < -0.39 is 0 Å². The SMILES string of the molecule is BC12c3cc(C(C)(C)C)ccc3Oc3cc(Br)cc(c31)Oc1ccc(C(C)(C)C)cc12. The maximum atomic E-state index is 6.44. The van der Waals surface area contributed by atoms with Crippen LogP contribution in [0.3, 0.4) is 0 Å². The fourth-order valence-electron chi connectivity index (χ4n) is 4.82. The first-order valence-electron chi connectivity index (χ1n) is 10.9. The monoisotopic (exact) mass is 474 g/mol. The number of rotatable bonds is 0. The second kappa shape index (κ2) is 6.42. The molecular weight excluding hydrogens is 447 g/mol. The second-order valence-electron chi connectivity index (χ2n) is 11.0. The number of benzene rings is 3. The number of halogens is 1. The molecule has 0 spiro atoms. The summed E-state index contributed by atoms with van der Waals surface area (Å²) in [5.74, 6) is 3.55. The zero-order valence-electron chi connectivity index (χ0n) is 19.3. The second-order valence-corrected chi connectivity index (χ2v) is 11.9. The van der Waals surface area contributed by atoms with Gasteiger partial charge in [0.15, 0.2) is 0 Å². The number of hydrogen-bond acceptors (Lipinski definition) is 2. The first-order chi connectivity index (χ1) is 14.4. The number of fused-ring (bicyclic) bond motifs is 4. The van der Waals surface area contributed by atoms with Crippen LogP contribution in [0.1, 0.15) is 69.4 Å². The van der Waals surface area contributed by atoms with Crippen molar-refractivity contribution in [3.05, 3.63) is 80.8 Å². The Bertz CT molecular complexity index is 1140. The van der Waals surface area contributed by atoms with Gasteiger partial charge in [0.05, 0.1) is 0 Å². The Balaban J connectivity index is 1.87. The molecule has 0 unspecified atom stereocenters. The van der Waals surface area contributed by atoms with Crippen LogP contribution in [0, 0.1) is 0 Å². The van der Waals surface area contributed by atoms with E-state index in [0.29, 0.717) is 0 Å². The van der Waals surface area contributed by atoms with Gasteiger partial charge in [-0.15, -0.1) is 0 Å². The lowest BCUT2D eigenvalue weighted by molar-refractivity contribution is 0.397. The summed E-state index contributed by atoms with van der Waals surface area (Å²) in [6.07, 6.45) is 0. The Hall–Kier alpha value is -2.20. The van der Waals surface area contributed by atoms with Crippen LogP contribution in [0.4, 0.5) is 0 Å². The van der Waals surface area contributed by atoms with Gasteiger partial charge in [0, 0.05) is 26.5 Å². The summed E-state index contributed by atoms with van der Waals surface area (Å²) in [6.45, 7) is 13.5. The van der Waals surface area contributed by atoms with Crippen molar-refractivity contribution in [2.75, 3.05) is 0 Å². The minimum absolute atomic E-state index is 0.0511. The maximum absolute atomic E-state index is 6.44. The largest absolute Gasteiger partial charge is 0.457 e. The molecule has 2 nitrogen and oxygen atoms in total. The Kier molecular flexibility index (Phi) is 4.28. The van der Waals surface area contributed by atoms with E-state index in [1.807, 2.05) is 0 Å². The topological polar surface area (TPSA) is 18.5 Å². The van der Waals surface area contributed by atoms with Crippen molar-refractivity contribution in [1.82, 2.24) is 0 Å². The predicted octanol–water partition coefficient (Wildman–Crippen LogP) is 7.18. The Morgan fingerprint density at radius 2 is 1.10 bits per heavy atom. The van der Waals surface area contributed by atoms with Crippen molar-refractivity contribution in [2.24, 2.45) is 0 Å². The van der Waals surface area contributed by atoms with Crippen LogP contribution in [-0.2, 0) is 16.1 Å². The zero-order valence-corrected chi connectivity index (χ0v) is 20.9. The first-order valence-corrected chi connectivity index (χ1v) is 11.7. The van der Waals surface area contributed by atoms with Crippen LogP contribution in [0.5, 0.6) is 23.0 Å². The third-order valence-corrected chi connectivity index (χ3v) is 7.20. The smallest absolute Gasteiger partial charge is 0.135 e. The minimum Gasteiger partial charge on any atom is -0.457 e. The predicted molar refractivity (Wildman–Crippen MR) is 133 cm³/mol. The van der Waals surface area contributed by atoms with E-state index in [2.05, 4.69) is 114 Å². The van der Waals surface area contributed by atoms with Crippen molar-refractivity contribution in [3.8, 4) is 23.0 Å². The van der Waals surface area contributed by atoms with Gasteiger partial charge < -0.3 is 9.47 Å². The van der Waals surface area contributed by atoms with Gasteiger partial charge in [-0.3, -0.25) is 0 Å². The number of ether oxygens (including phenoxy) is 2. The molecule has 158 valence electrons. The van der Waals surface area contributed by atoms with E-state index in [4.69, 9.17) is 9.47 Å². The summed E-state index contributed by atoms with van der Waals surface area (Å²) in [5.41, 5.74) is 6.22. The van der Waals surface area contributed by atoms with Crippen LogP contribution in [-0.4, -0.2) is 7.85 Å². The van der Waals surface area contributed by atoms with Gasteiger partial charge in [-0.2, -0.15) is 0 Å². The van der Waals surface area contributed by atoms with Crippen LogP contribution in [0.25, 0.3) is 0 Å². The van der Waals surface area contributed by atoms with Gasteiger partial charge in [-0.05, 0) is 46.2 Å². The molecule has 31 heavy (non-hydrogen) atoms. The lowest BCUT2D eigenvalue weighted by Gasteiger charge is -2.43. The van der Waals surface area contributed by atoms with E-state index >= 15 is 0 Å². The third kappa shape index (κ3) is 3.06. The van der Waals surface area contributed by atoms with Crippen LogP contribution >= 0.6 is 15.9 Å². The van der Waals surface area contributed by atoms with Crippen molar-refractivity contribution >= 4 is 23.8 Å². The molecule has 4 heteroatoms. The Morgan fingerprint density at radius 1 is 0.677 bits per heavy atom. The normalized spacial score (nSPS) is 15.8. The highest BCUT2D eigenvalue weighted by molar-refractivity contribution is 9.10. The molecule has 3 aromatic carbocycles. The molecule has 5 rings (SSSR count). The fourth-order valence-corrected chi connectivity index (χ4v) is 5.23. The molecule has 0 saturated carbocycles. The quantitative estimate of drug-likeness (QED) is 0.321. The van der Waals surface area contributed by atoms with Crippen molar-refractivity contribution in [2.45, 2.75) is 57.7 Å².